The van der Waals surface area contributed by atoms with Gasteiger partial charge in [-0.2, -0.15) is 13.2 Å². The highest BCUT2D eigenvalue weighted by Gasteiger charge is 2.26. The maximum absolute atomic E-state index is 12.2. The van der Waals surface area contributed by atoms with E-state index in [4.69, 9.17) is 0 Å². The van der Waals surface area contributed by atoms with E-state index in [1.807, 2.05) is 37.3 Å². The number of aliphatic hydroxyl groups is 1. The lowest BCUT2D eigenvalue weighted by atomic mass is 10.2. The van der Waals surface area contributed by atoms with Gasteiger partial charge in [-0.1, -0.05) is 18.2 Å². The van der Waals surface area contributed by atoms with Crippen LogP contribution in [-0.2, 0) is 0 Å². The molecule has 0 aliphatic heterocycles. The number of nitrogens with zero attached hydrogens (tertiary/aromatic N) is 1. The molecule has 1 aromatic heterocycles. The molecule has 1 atom stereocenters. The number of hydrogen-bond donors (Lipinski definition) is 3. The van der Waals surface area contributed by atoms with Gasteiger partial charge in [-0.05, 0) is 24.4 Å². The molecule has 9 heteroatoms. The number of nitrogens with one attached hydrogen (secondary N) is 2. The molecule has 4 nitrogen and oxygen atoms in total. The van der Waals surface area contributed by atoms with E-state index in [9.17, 15) is 18.3 Å². The Bertz CT molecular complexity index is 658. The lowest BCUT2D eigenvalue weighted by Gasteiger charge is -2.13. The molecule has 0 aliphatic rings. The van der Waals surface area contributed by atoms with Crippen molar-refractivity contribution in [3.05, 3.63) is 35.2 Å². The summed E-state index contributed by atoms with van der Waals surface area (Å²) in [5.41, 5.74) is 0. The highest BCUT2D eigenvalue weighted by Crippen LogP contribution is 2.29. The van der Waals surface area contributed by atoms with E-state index in [0.717, 1.165) is 15.0 Å². The van der Waals surface area contributed by atoms with Gasteiger partial charge in [0, 0.05) is 22.7 Å². The molecule has 0 spiro atoms. The summed E-state index contributed by atoms with van der Waals surface area (Å²) < 4.78 is 37.6. The van der Waals surface area contributed by atoms with E-state index >= 15 is 0 Å². The summed E-state index contributed by atoms with van der Waals surface area (Å²) in [7, 11) is 0. The normalized spacial score (nSPS) is 13.4. The Labute approximate surface area is 165 Å². The van der Waals surface area contributed by atoms with Gasteiger partial charge in [-0.25, -0.2) is 0 Å². The predicted molar refractivity (Wildman–Crippen MR) is 107 cm³/mol. The van der Waals surface area contributed by atoms with Gasteiger partial charge in [-0.3, -0.25) is 4.99 Å². The summed E-state index contributed by atoms with van der Waals surface area (Å²) in [6.07, 6.45) is -5.93. The van der Waals surface area contributed by atoms with E-state index in [2.05, 4.69) is 15.6 Å². The number of benzene rings is 1. The van der Waals surface area contributed by atoms with E-state index < -0.39 is 18.7 Å². The van der Waals surface area contributed by atoms with E-state index in [1.165, 1.54) is 11.3 Å². The monoisotopic (exact) mass is 487 g/mol. The summed E-state index contributed by atoms with van der Waals surface area (Å²) in [6, 6.07) is 9.71. The Balaban J connectivity index is 0.00000312. The van der Waals surface area contributed by atoms with E-state index in [0.29, 0.717) is 6.54 Å². The minimum atomic E-state index is -4.21. The summed E-state index contributed by atoms with van der Waals surface area (Å²) in [5.74, 6) is 0.266. The maximum Gasteiger partial charge on any atom is 0.390 e. The highest BCUT2D eigenvalue weighted by atomic mass is 127. The molecular weight excluding hydrogens is 466 g/mol. The number of aliphatic imine (C=N–C) groups is 1. The fourth-order valence-electron chi connectivity index (χ4n) is 2.10. The molecule has 0 radical (unpaired) electrons. The molecule has 0 aliphatic carbocycles. The fraction of sp³-hybridized carbons (Fsp3) is 0.438. The lowest BCUT2D eigenvalue weighted by molar-refractivity contribution is -0.132. The summed E-state index contributed by atoms with van der Waals surface area (Å²) in [4.78, 5) is 4.95. The van der Waals surface area contributed by atoms with Crippen molar-refractivity contribution >= 4 is 51.4 Å². The quantitative estimate of drug-likeness (QED) is 0.328. The third-order valence-corrected chi connectivity index (χ3v) is 4.46. The molecule has 2 rings (SSSR count). The Kier molecular flexibility index (Phi) is 8.94. The zero-order chi connectivity index (χ0) is 17.6. The second-order valence-electron chi connectivity index (χ2n) is 5.21. The van der Waals surface area contributed by atoms with E-state index in [1.54, 1.807) is 0 Å². The molecule has 0 fully saturated rings. The SMILES string of the molecule is CCNC(=NCC(O)c1cc2ccccc2s1)NCCC(F)(F)F.I. The number of rotatable bonds is 6. The van der Waals surface area contributed by atoms with Crippen molar-refractivity contribution in [3.8, 4) is 0 Å². The highest BCUT2D eigenvalue weighted by molar-refractivity contribution is 14.0. The number of thiophene rings is 1. The topological polar surface area (TPSA) is 56.7 Å². The van der Waals surface area contributed by atoms with Gasteiger partial charge in [0.2, 0.25) is 0 Å². The molecule has 1 heterocycles. The van der Waals surface area contributed by atoms with Crippen LogP contribution >= 0.6 is 35.3 Å². The molecular formula is C16H21F3IN3OS. The second-order valence-corrected chi connectivity index (χ2v) is 6.33. The van der Waals surface area contributed by atoms with Gasteiger partial charge in [0.25, 0.3) is 0 Å². The van der Waals surface area contributed by atoms with Crippen LogP contribution in [-0.4, -0.2) is 36.9 Å². The standard InChI is InChI=1S/C16H20F3N3OS.HI/c1-2-20-15(21-8-7-16(17,18)19)22-10-12(23)14-9-11-5-3-4-6-13(11)24-14;/h3-6,9,12,23H,2,7-8,10H2,1H3,(H2,20,21,22);1H. The molecule has 140 valence electrons. The zero-order valence-electron chi connectivity index (χ0n) is 13.6. The lowest BCUT2D eigenvalue weighted by Crippen LogP contribution is -2.39. The molecule has 3 N–H and O–H groups in total. The number of halogens is 4. The van der Waals surface area contributed by atoms with Gasteiger partial charge in [0.05, 0.1) is 13.0 Å². The van der Waals surface area contributed by atoms with Crippen LogP contribution in [0.3, 0.4) is 0 Å². The molecule has 25 heavy (non-hydrogen) atoms. The molecule has 0 saturated carbocycles. The van der Waals surface area contributed by atoms with Crippen LogP contribution in [0, 0.1) is 0 Å². The van der Waals surface area contributed by atoms with Crippen LogP contribution in [0.5, 0.6) is 0 Å². The molecule has 2 aromatic rings. The first kappa shape index (κ1) is 22.0. The third-order valence-electron chi connectivity index (χ3n) is 3.24. The Morgan fingerprint density at radius 2 is 2.00 bits per heavy atom. The first-order chi connectivity index (χ1) is 11.4. The van der Waals surface area contributed by atoms with Gasteiger partial charge < -0.3 is 15.7 Å². The fourth-order valence-corrected chi connectivity index (χ4v) is 3.14. The number of fused-ring (bicyclic) bond motifs is 1. The number of aliphatic hydroxyl groups excluding tert-OH is 1. The van der Waals surface area contributed by atoms with Crippen molar-refractivity contribution in [3.63, 3.8) is 0 Å². The largest absolute Gasteiger partial charge is 0.390 e. The predicted octanol–water partition coefficient (Wildman–Crippen LogP) is 4.06. The summed E-state index contributed by atoms with van der Waals surface area (Å²) >= 11 is 1.48. The first-order valence-electron chi connectivity index (χ1n) is 7.64. The Morgan fingerprint density at radius 3 is 2.64 bits per heavy atom. The van der Waals surface area contributed by atoms with Crippen LogP contribution in [0.4, 0.5) is 13.2 Å². The zero-order valence-corrected chi connectivity index (χ0v) is 16.8. The van der Waals surface area contributed by atoms with Crippen molar-refractivity contribution in [2.45, 2.75) is 25.6 Å². The van der Waals surface area contributed by atoms with Gasteiger partial charge in [-0.15, -0.1) is 35.3 Å². The van der Waals surface area contributed by atoms with Crippen molar-refractivity contribution in [1.82, 2.24) is 10.6 Å². The molecule has 1 unspecified atom stereocenters. The molecule has 1 aromatic carbocycles. The number of alkyl halides is 3. The average molecular weight is 487 g/mol. The Hall–Kier alpha value is -1.07. The van der Waals surface area contributed by atoms with Crippen molar-refractivity contribution in [1.29, 1.82) is 0 Å². The van der Waals surface area contributed by atoms with Gasteiger partial charge in [0.1, 0.15) is 6.10 Å². The van der Waals surface area contributed by atoms with Crippen molar-refractivity contribution < 1.29 is 18.3 Å². The van der Waals surface area contributed by atoms with E-state index in [-0.39, 0.29) is 43.0 Å². The number of hydrogen-bond acceptors (Lipinski definition) is 3. The van der Waals surface area contributed by atoms with Gasteiger partial charge >= 0.3 is 6.18 Å². The van der Waals surface area contributed by atoms with Crippen LogP contribution in [0.1, 0.15) is 24.3 Å². The average Bonchev–Trinajstić information content (AvgIpc) is 2.95. The molecule has 0 bridgehead atoms. The molecule has 0 amide bonds. The first-order valence-corrected chi connectivity index (χ1v) is 8.46. The number of guanidine groups is 1. The van der Waals surface area contributed by atoms with Gasteiger partial charge in [0.15, 0.2) is 5.96 Å². The van der Waals surface area contributed by atoms with Crippen LogP contribution < -0.4 is 10.6 Å². The van der Waals surface area contributed by atoms with Crippen molar-refractivity contribution in [2.75, 3.05) is 19.6 Å². The second kappa shape index (κ2) is 10.2. The van der Waals surface area contributed by atoms with Crippen LogP contribution in [0.2, 0.25) is 0 Å². The van der Waals surface area contributed by atoms with Crippen LogP contribution in [0.25, 0.3) is 10.1 Å². The van der Waals surface area contributed by atoms with Crippen molar-refractivity contribution in [2.24, 2.45) is 4.99 Å². The smallest absolute Gasteiger partial charge is 0.386 e. The summed E-state index contributed by atoms with van der Waals surface area (Å²) in [5, 5.41) is 16.8. The maximum atomic E-state index is 12.2. The summed E-state index contributed by atoms with van der Waals surface area (Å²) in [6.45, 7) is 2.17. The third kappa shape index (κ3) is 7.37. The van der Waals surface area contributed by atoms with Crippen LogP contribution in [0.15, 0.2) is 35.3 Å². The Morgan fingerprint density at radius 1 is 1.28 bits per heavy atom. The minimum absolute atomic E-state index is 0. The molecule has 0 saturated heterocycles. The minimum Gasteiger partial charge on any atom is -0.386 e.